The van der Waals surface area contributed by atoms with Gasteiger partial charge in [-0.25, -0.2) is 4.98 Å². The Bertz CT molecular complexity index is 2090. The Kier molecular flexibility index (Phi) is 7.65. The zero-order valence-corrected chi connectivity index (χ0v) is 25.6. The van der Waals surface area contributed by atoms with E-state index in [1.54, 1.807) is 48.5 Å². The van der Waals surface area contributed by atoms with E-state index in [1.807, 2.05) is 13.8 Å². The molecule has 1 unspecified atom stereocenters. The number of alkyl halides is 3. The van der Waals surface area contributed by atoms with Gasteiger partial charge in [0.25, 0.3) is 0 Å². The number of hydrogen-bond acceptors (Lipinski definition) is 8. The molecule has 0 spiro atoms. The average Bonchev–Trinajstić information content (AvgIpc) is 3.03. The number of halogens is 3. The first-order valence-corrected chi connectivity index (χ1v) is 14.6. The van der Waals surface area contributed by atoms with E-state index in [0.717, 1.165) is 12.1 Å². The predicted octanol–water partition coefficient (Wildman–Crippen LogP) is 7.87. The molecule has 1 aromatic heterocycles. The van der Waals surface area contributed by atoms with Crippen molar-refractivity contribution in [3.8, 4) is 29.5 Å². The first-order valence-electron chi connectivity index (χ1n) is 14.6. The second-order valence-corrected chi connectivity index (χ2v) is 12.2. The van der Waals surface area contributed by atoms with Crippen LogP contribution in [0.2, 0.25) is 0 Å². The average molecular weight is 636 g/mol. The number of hydrogen-bond donors (Lipinski definition) is 1. The molecule has 236 valence electrons. The van der Waals surface area contributed by atoms with E-state index in [4.69, 9.17) is 20.2 Å². The molecular formula is C36H28F3N5O3. The van der Waals surface area contributed by atoms with Crippen LogP contribution in [0.1, 0.15) is 49.3 Å². The normalized spacial score (nSPS) is 17.7. The zero-order chi connectivity index (χ0) is 33.7. The number of anilines is 1. The van der Waals surface area contributed by atoms with Crippen molar-refractivity contribution in [1.82, 2.24) is 4.98 Å². The summed E-state index contributed by atoms with van der Waals surface area (Å²) in [5.74, 6) is -0.416. The molecular weight excluding hydrogens is 607 g/mol. The number of benzene rings is 3. The maximum absolute atomic E-state index is 14.2. The Balaban J connectivity index is 1.62. The maximum Gasteiger partial charge on any atom is 0.416 e. The molecule has 0 bridgehead atoms. The Morgan fingerprint density at radius 2 is 1.70 bits per heavy atom. The summed E-state index contributed by atoms with van der Waals surface area (Å²) in [5, 5.41) is 20.5. The van der Waals surface area contributed by atoms with Gasteiger partial charge in [0.2, 0.25) is 5.88 Å². The number of nitrogens with two attached hydrogens (primary N) is 1. The molecule has 47 heavy (non-hydrogen) atoms. The van der Waals surface area contributed by atoms with Crippen molar-refractivity contribution < 1.29 is 27.4 Å². The lowest BCUT2D eigenvalue weighted by Gasteiger charge is -2.44. The number of nitriles is 2. The van der Waals surface area contributed by atoms with Gasteiger partial charge in [-0.3, -0.25) is 9.69 Å². The molecule has 2 heterocycles. The highest BCUT2D eigenvalue weighted by atomic mass is 19.4. The molecule has 2 N–H and O–H groups in total. The van der Waals surface area contributed by atoms with Crippen LogP contribution in [0.5, 0.6) is 17.4 Å². The summed E-state index contributed by atoms with van der Waals surface area (Å²) in [6, 6.07) is 22.2. The van der Waals surface area contributed by atoms with Crippen LogP contribution in [0.25, 0.3) is 10.9 Å². The van der Waals surface area contributed by atoms with Crippen LogP contribution in [0, 0.1) is 28.1 Å². The van der Waals surface area contributed by atoms with Gasteiger partial charge in [-0.2, -0.15) is 23.7 Å². The molecule has 1 atom stereocenters. The van der Waals surface area contributed by atoms with Gasteiger partial charge in [0.05, 0.1) is 47.4 Å². The third kappa shape index (κ3) is 5.72. The number of carbonyl (C=O) groups excluding carboxylic acids is 1. The molecule has 6 rings (SSSR count). The lowest BCUT2D eigenvalue weighted by molar-refractivity contribution is -0.137. The molecule has 0 radical (unpaired) electrons. The van der Waals surface area contributed by atoms with Crippen LogP contribution in [0.3, 0.4) is 0 Å². The van der Waals surface area contributed by atoms with Crippen LogP contribution >= 0.6 is 0 Å². The molecule has 1 aliphatic carbocycles. The number of ether oxygens (including phenoxy) is 2. The van der Waals surface area contributed by atoms with E-state index < -0.39 is 23.1 Å². The maximum atomic E-state index is 14.2. The smallest absolute Gasteiger partial charge is 0.416 e. The number of rotatable bonds is 5. The second-order valence-electron chi connectivity index (χ2n) is 12.2. The standard InChI is InChI=1S/C36H28F3N5O3/c1-35(2)16-29-32(30(45)17-35)31(27(19-41)33(42)44(29)23-6-4-5-22(15-23)36(37,38)39)26-14-21-13-25(46-3)11-12-28(21)43-34(26)47-24-9-7-20(18-40)8-10-24/h4-15,31H,16-17,42H2,1-3H3. The summed E-state index contributed by atoms with van der Waals surface area (Å²) in [6.45, 7) is 3.80. The van der Waals surface area contributed by atoms with Crippen LogP contribution in [-0.2, 0) is 11.0 Å². The highest BCUT2D eigenvalue weighted by Crippen LogP contribution is 2.52. The van der Waals surface area contributed by atoms with Crippen molar-refractivity contribution in [2.45, 2.75) is 38.8 Å². The lowest BCUT2D eigenvalue weighted by atomic mass is 9.68. The van der Waals surface area contributed by atoms with Crippen molar-refractivity contribution in [3.05, 3.63) is 112 Å². The number of fused-ring (bicyclic) bond motifs is 1. The van der Waals surface area contributed by atoms with E-state index in [-0.39, 0.29) is 40.7 Å². The Morgan fingerprint density at radius 1 is 0.979 bits per heavy atom. The summed E-state index contributed by atoms with van der Waals surface area (Å²) in [4.78, 5) is 20.3. The molecule has 0 fully saturated rings. The molecule has 2 aliphatic rings. The van der Waals surface area contributed by atoms with Gasteiger partial charge >= 0.3 is 6.18 Å². The predicted molar refractivity (Wildman–Crippen MR) is 168 cm³/mol. The van der Waals surface area contributed by atoms with E-state index in [9.17, 15) is 28.5 Å². The quantitative estimate of drug-likeness (QED) is 0.235. The van der Waals surface area contributed by atoms with Gasteiger partial charge in [0.15, 0.2) is 5.78 Å². The van der Waals surface area contributed by atoms with Gasteiger partial charge < -0.3 is 15.2 Å². The van der Waals surface area contributed by atoms with E-state index in [0.29, 0.717) is 45.6 Å². The van der Waals surface area contributed by atoms with Crippen molar-refractivity contribution in [2.24, 2.45) is 11.1 Å². The number of carbonyl (C=O) groups is 1. The number of aromatic nitrogens is 1. The minimum Gasteiger partial charge on any atom is -0.497 e. The summed E-state index contributed by atoms with van der Waals surface area (Å²) in [6.07, 6.45) is -4.20. The van der Waals surface area contributed by atoms with Gasteiger partial charge in [-0.05, 0) is 78.6 Å². The van der Waals surface area contributed by atoms with Crippen molar-refractivity contribution in [2.75, 3.05) is 12.0 Å². The highest BCUT2D eigenvalue weighted by Gasteiger charge is 2.46. The van der Waals surface area contributed by atoms with Crippen LogP contribution < -0.4 is 20.1 Å². The van der Waals surface area contributed by atoms with E-state index in [2.05, 4.69) is 12.1 Å². The molecule has 0 amide bonds. The monoisotopic (exact) mass is 635 g/mol. The number of pyridine rings is 1. The fourth-order valence-corrected chi connectivity index (χ4v) is 6.21. The SMILES string of the molecule is COc1ccc2nc(Oc3ccc(C#N)cc3)c(C3C(C#N)=C(N)N(c4cccc(C(F)(F)F)c4)C4=C3C(=O)CC(C)(C)C4)cc2c1. The first-order chi connectivity index (χ1) is 22.3. The molecule has 1 aliphatic heterocycles. The molecule has 0 saturated heterocycles. The number of ketones is 1. The summed E-state index contributed by atoms with van der Waals surface area (Å²) in [7, 11) is 1.53. The lowest BCUT2D eigenvalue weighted by Crippen LogP contribution is -2.42. The minimum atomic E-state index is -4.63. The first kappa shape index (κ1) is 31.2. The van der Waals surface area contributed by atoms with Crippen molar-refractivity contribution in [3.63, 3.8) is 0 Å². The summed E-state index contributed by atoms with van der Waals surface area (Å²) >= 11 is 0. The van der Waals surface area contributed by atoms with Crippen molar-refractivity contribution >= 4 is 22.4 Å². The second kappa shape index (κ2) is 11.5. The largest absolute Gasteiger partial charge is 0.497 e. The molecule has 11 heteroatoms. The number of methoxy groups -OCH3 is 1. The fraction of sp³-hybridized carbons (Fsp3) is 0.222. The van der Waals surface area contributed by atoms with Gasteiger partial charge in [0, 0.05) is 34.3 Å². The van der Waals surface area contributed by atoms with Crippen LogP contribution in [0.15, 0.2) is 95.5 Å². The van der Waals surface area contributed by atoms with Gasteiger partial charge in [-0.1, -0.05) is 19.9 Å². The Morgan fingerprint density at radius 3 is 2.36 bits per heavy atom. The molecule has 3 aromatic carbocycles. The number of Topliss-reactive ketones (excluding diaryl/α,β-unsaturated/α-hetero) is 1. The van der Waals surface area contributed by atoms with E-state index in [1.165, 1.54) is 24.1 Å². The number of nitrogens with zero attached hydrogens (tertiary/aromatic N) is 4. The highest BCUT2D eigenvalue weighted by molar-refractivity contribution is 6.02. The third-order valence-electron chi connectivity index (χ3n) is 8.34. The van der Waals surface area contributed by atoms with Crippen LogP contribution in [0.4, 0.5) is 18.9 Å². The molecule has 4 aromatic rings. The summed E-state index contributed by atoms with van der Waals surface area (Å²) < 4.78 is 53.1. The topological polar surface area (TPSA) is 125 Å². The van der Waals surface area contributed by atoms with Gasteiger partial charge in [-0.15, -0.1) is 0 Å². The third-order valence-corrected chi connectivity index (χ3v) is 8.34. The van der Waals surface area contributed by atoms with Gasteiger partial charge in [0.1, 0.15) is 17.3 Å². The van der Waals surface area contributed by atoms with E-state index >= 15 is 0 Å². The Hall–Kier alpha value is -5.81. The molecule has 0 saturated carbocycles. The zero-order valence-electron chi connectivity index (χ0n) is 25.6. The number of allylic oxidation sites excluding steroid dienone is 3. The summed E-state index contributed by atoms with van der Waals surface area (Å²) in [5.41, 5.74) is 7.29. The van der Waals surface area contributed by atoms with Crippen LogP contribution in [-0.4, -0.2) is 17.9 Å². The minimum absolute atomic E-state index is 0.0389. The van der Waals surface area contributed by atoms with Crippen molar-refractivity contribution in [1.29, 1.82) is 10.5 Å². The fourth-order valence-electron chi connectivity index (χ4n) is 6.21. The molecule has 8 nitrogen and oxygen atoms in total. The Labute approximate surface area is 268 Å².